The average molecular weight is 377 g/mol. The molecule has 0 heterocycles. The van der Waals surface area contributed by atoms with Crippen LogP contribution in [0.25, 0.3) is 0 Å². The molecule has 1 saturated carbocycles. The first-order valence-corrected chi connectivity index (χ1v) is 10.9. The van der Waals surface area contributed by atoms with Gasteiger partial charge in [-0.1, -0.05) is 59.5 Å². The molecule has 2 aliphatic carbocycles. The zero-order chi connectivity index (χ0) is 20.1. The Morgan fingerprint density at radius 2 is 1.85 bits per heavy atom. The van der Waals surface area contributed by atoms with Crippen LogP contribution in [0.15, 0.2) is 24.0 Å². The molecule has 0 amide bonds. The van der Waals surface area contributed by atoms with Crippen molar-refractivity contribution < 1.29 is 14.3 Å². The van der Waals surface area contributed by atoms with Gasteiger partial charge in [-0.05, 0) is 68.4 Å². The summed E-state index contributed by atoms with van der Waals surface area (Å²) in [5.41, 5.74) is -0.111. The van der Waals surface area contributed by atoms with Gasteiger partial charge >= 0.3 is 5.97 Å². The minimum atomic E-state index is -0.403. The first kappa shape index (κ1) is 22.0. The standard InChI is InChI=1S/C24H40O3/c1-7-23(3,4)18(2)19-12-11-15-21(16-19)26-17-22(25)27-24(5,6)20-13-9-8-10-14-20/h11,15-16,18-20H,7-10,12-14,17H2,1-6H3. The molecule has 0 bridgehead atoms. The summed E-state index contributed by atoms with van der Waals surface area (Å²) in [7, 11) is 0. The van der Waals surface area contributed by atoms with E-state index in [1.165, 1.54) is 19.3 Å². The topological polar surface area (TPSA) is 35.5 Å². The zero-order valence-electron chi connectivity index (χ0n) is 18.3. The van der Waals surface area contributed by atoms with E-state index in [1.54, 1.807) is 0 Å². The van der Waals surface area contributed by atoms with Crippen LogP contribution in [0.3, 0.4) is 0 Å². The molecule has 0 saturated heterocycles. The largest absolute Gasteiger partial charge is 0.482 e. The Hall–Kier alpha value is -1.25. The molecular formula is C24H40O3. The van der Waals surface area contributed by atoms with Gasteiger partial charge in [0.2, 0.25) is 0 Å². The minimum absolute atomic E-state index is 0.00933. The van der Waals surface area contributed by atoms with Crippen LogP contribution in [0.4, 0.5) is 0 Å². The van der Waals surface area contributed by atoms with Gasteiger partial charge in [0.1, 0.15) is 11.4 Å². The Morgan fingerprint density at radius 1 is 1.19 bits per heavy atom. The lowest BCUT2D eigenvalue weighted by molar-refractivity contribution is -0.166. The van der Waals surface area contributed by atoms with Gasteiger partial charge < -0.3 is 9.47 Å². The minimum Gasteiger partial charge on any atom is -0.482 e. The molecule has 0 radical (unpaired) electrons. The lowest BCUT2D eigenvalue weighted by Gasteiger charge is -2.37. The predicted molar refractivity (Wildman–Crippen MR) is 111 cm³/mol. The fourth-order valence-corrected chi connectivity index (χ4v) is 4.37. The van der Waals surface area contributed by atoms with E-state index in [-0.39, 0.29) is 12.6 Å². The van der Waals surface area contributed by atoms with Crippen molar-refractivity contribution in [3.63, 3.8) is 0 Å². The molecule has 0 aromatic rings. The SMILES string of the molecule is CCC(C)(C)C(C)C1C=C(OCC(=O)OC(C)(C)C2CCCCC2)C=CC1. The van der Waals surface area contributed by atoms with Crippen LogP contribution < -0.4 is 0 Å². The molecule has 1 fully saturated rings. The van der Waals surface area contributed by atoms with E-state index in [2.05, 4.69) is 39.8 Å². The van der Waals surface area contributed by atoms with E-state index in [1.807, 2.05) is 19.9 Å². The summed E-state index contributed by atoms with van der Waals surface area (Å²) in [5, 5.41) is 0. The summed E-state index contributed by atoms with van der Waals surface area (Å²) in [6.45, 7) is 13.3. The maximum atomic E-state index is 12.4. The van der Waals surface area contributed by atoms with Crippen molar-refractivity contribution in [3.8, 4) is 0 Å². The summed E-state index contributed by atoms with van der Waals surface area (Å²) < 4.78 is 11.6. The lowest BCUT2D eigenvalue weighted by Crippen LogP contribution is -2.38. The molecule has 3 heteroatoms. The molecule has 2 atom stereocenters. The molecule has 3 nitrogen and oxygen atoms in total. The number of hydrogen-bond donors (Lipinski definition) is 0. The second kappa shape index (κ2) is 9.30. The lowest BCUT2D eigenvalue weighted by atomic mass is 9.69. The fourth-order valence-electron chi connectivity index (χ4n) is 4.37. The molecule has 2 rings (SSSR count). The molecule has 0 aromatic carbocycles. The third-order valence-corrected chi connectivity index (χ3v) is 7.18. The van der Waals surface area contributed by atoms with E-state index >= 15 is 0 Å². The highest BCUT2D eigenvalue weighted by Crippen LogP contribution is 2.39. The van der Waals surface area contributed by atoms with Crippen molar-refractivity contribution in [2.24, 2.45) is 23.2 Å². The Morgan fingerprint density at radius 3 is 2.48 bits per heavy atom. The number of carbonyl (C=O) groups excluding carboxylic acids is 1. The van der Waals surface area contributed by atoms with E-state index in [9.17, 15) is 4.79 Å². The van der Waals surface area contributed by atoms with Crippen LogP contribution in [0.5, 0.6) is 0 Å². The van der Waals surface area contributed by atoms with Crippen molar-refractivity contribution in [1.82, 2.24) is 0 Å². The summed E-state index contributed by atoms with van der Waals surface area (Å²) in [4.78, 5) is 12.4. The van der Waals surface area contributed by atoms with Crippen molar-refractivity contribution in [1.29, 1.82) is 0 Å². The van der Waals surface area contributed by atoms with Gasteiger partial charge in [0.25, 0.3) is 0 Å². The van der Waals surface area contributed by atoms with Gasteiger partial charge in [-0.3, -0.25) is 0 Å². The maximum absolute atomic E-state index is 12.4. The van der Waals surface area contributed by atoms with Gasteiger partial charge in [-0.25, -0.2) is 4.79 Å². The summed E-state index contributed by atoms with van der Waals surface area (Å²) in [6, 6.07) is 0. The molecule has 2 aliphatic rings. The molecule has 0 aromatic heterocycles. The predicted octanol–water partition coefficient (Wildman–Crippen LogP) is 6.44. The quantitative estimate of drug-likeness (QED) is 0.457. The number of hydrogen-bond acceptors (Lipinski definition) is 3. The number of ether oxygens (including phenoxy) is 2. The highest BCUT2D eigenvalue weighted by molar-refractivity contribution is 5.71. The van der Waals surface area contributed by atoms with Crippen molar-refractivity contribution in [2.75, 3.05) is 6.61 Å². The second-order valence-electron chi connectivity index (χ2n) is 9.70. The molecule has 2 unspecified atom stereocenters. The Labute approximate surface area is 166 Å². The van der Waals surface area contributed by atoms with E-state index in [0.29, 0.717) is 23.2 Å². The van der Waals surface area contributed by atoms with Crippen LogP contribution in [-0.4, -0.2) is 18.2 Å². The van der Waals surface area contributed by atoms with Crippen LogP contribution in [0.2, 0.25) is 0 Å². The molecule has 154 valence electrons. The number of allylic oxidation sites excluding steroid dienone is 3. The molecule has 27 heavy (non-hydrogen) atoms. The van der Waals surface area contributed by atoms with Crippen LogP contribution in [0.1, 0.15) is 86.5 Å². The number of esters is 1. The van der Waals surface area contributed by atoms with Gasteiger partial charge in [0, 0.05) is 0 Å². The monoisotopic (exact) mass is 376 g/mol. The summed E-state index contributed by atoms with van der Waals surface area (Å²) >= 11 is 0. The van der Waals surface area contributed by atoms with Gasteiger partial charge in [0.15, 0.2) is 6.61 Å². The van der Waals surface area contributed by atoms with E-state index in [0.717, 1.165) is 31.4 Å². The van der Waals surface area contributed by atoms with Crippen LogP contribution in [0, 0.1) is 23.2 Å². The van der Waals surface area contributed by atoms with Crippen molar-refractivity contribution >= 4 is 5.97 Å². The molecular weight excluding hydrogens is 336 g/mol. The number of rotatable bonds is 8. The Kier molecular flexibility index (Phi) is 7.59. The molecule has 0 spiro atoms. The van der Waals surface area contributed by atoms with Gasteiger partial charge in [0.05, 0.1) is 0 Å². The van der Waals surface area contributed by atoms with Crippen LogP contribution >= 0.6 is 0 Å². The highest BCUT2D eigenvalue weighted by Gasteiger charge is 2.34. The first-order chi connectivity index (χ1) is 12.7. The molecule has 0 N–H and O–H groups in total. The van der Waals surface area contributed by atoms with E-state index in [4.69, 9.17) is 9.47 Å². The normalized spacial score (nSPS) is 22.9. The second-order valence-corrected chi connectivity index (χ2v) is 9.70. The van der Waals surface area contributed by atoms with Crippen molar-refractivity contribution in [3.05, 3.63) is 24.0 Å². The summed E-state index contributed by atoms with van der Waals surface area (Å²) in [6.07, 6.45) is 14.6. The number of carbonyl (C=O) groups is 1. The average Bonchev–Trinajstić information content (AvgIpc) is 2.66. The first-order valence-electron chi connectivity index (χ1n) is 10.9. The smallest absolute Gasteiger partial charge is 0.344 e. The highest BCUT2D eigenvalue weighted by atomic mass is 16.6. The molecule has 0 aliphatic heterocycles. The summed E-state index contributed by atoms with van der Waals surface area (Å²) in [5.74, 6) is 2.02. The van der Waals surface area contributed by atoms with Gasteiger partial charge in [-0.2, -0.15) is 0 Å². The Bertz CT molecular complexity index is 550. The third-order valence-electron chi connectivity index (χ3n) is 7.18. The van der Waals surface area contributed by atoms with Gasteiger partial charge in [-0.15, -0.1) is 0 Å². The maximum Gasteiger partial charge on any atom is 0.344 e. The third kappa shape index (κ3) is 6.12. The fraction of sp³-hybridized carbons (Fsp3) is 0.792. The van der Waals surface area contributed by atoms with Crippen molar-refractivity contribution in [2.45, 2.75) is 92.1 Å². The Balaban J connectivity index is 1.87. The zero-order valence-corrected chi connectivity index (χ0v) is 18.3. The van der Waals surface area contributed by atoms with Crippen LogP contribution in [-0.2, 0) is 14.3 Å². The van der Waals surface area contributed by atoms with E-state index < -0.39 is 5.60 Å².